The van der Waals surface area contributed by atoms with E-state index in [9.17, 15) is 4.79 Å². The highest BCUT2D eigenvalue weighted by Crippen LogP contribution is 2.32. The summed E-state index contributed by atoms with van der Waals surface area (Å²) >= 11 is 0. The van der Waals surface area contributed by atoms with Crippen LogP contribution in [0.3, 0.4) is 0 Å². The standard InChI is InChI=1S/C17H21NO/c1-11-3-6-13(7-4-11)17(19)15-10-18-16-8-5-12(2)9-14(15)16/h5,8-11,13,18H,3-4,6-7H2,1-2H3. The normalized spacial score (nSPS) is 23.7. The molecule has 100 valence electrons. The molecule has 1 heterocycles. The Kier molecular flexibility index (Phi) is 3.17. The molecule has 0 bridgehead atoms. The summed E-state index contributed by atoms with van der Waals surface area (Å²) in [5.74, 6) is 1.36. The molecule has 1 fully saturated rings. The van der Waals surface area contributed by atoms with Gasteiger partial charge in [-0.05, 0) is 37.8 Å². The van der Waals surface area contributed by atoms with E-state index in [1.54, 1.807) is 0 Å². The van der Waals surface area contributed by atoms with Gasteiger partial charge in [0.1, 0.15) is 0 Å². The summed E-state index contributed by atoms with van der Waals surface area (Å²) in [6, 6.07) is 6.25. The average Bonchev–Trinajstić information content (AvgIpc) is 2.81. The van der Waals surface area contributed by atoms with Crippen LogP contribution in [-0.4, -0.2) is 10.8 Å². The highest BCUT2D eigenvalue weighted by molar-refractivity contribution is 6.09. The molecule has 0 amide bonds. The smallest absolute Gasteiger partial charge is 0.168 e. The highest BCUT2D eigenvalue weighted by Gasteiger charge is 2.26. The number of benzene rings is 1. The van der Waals surface area contributed by atoms with Crippen LogP contribution in [0.5, 0.6) is 0 Å². The van der Waals surface area contributed by atoms with E-state index in [-0.39, 0.29) is 5.92 Å². The van der Waals surface area contributed by atoms with Gasteiger partial charge in [-0.15, -0.1) is 0 Å². The van der Waals surface area contributed by atoms with Crippen LogP contribution in [0.15, 0.2) is 24.4 Å². The van der Waals surface area contributed by atoms with Gasteiger partial charge in [0.2, 0.25) is 0 Å². The van der Waals surface area contributed by atoms with E-state index in [1.165, 1.54) is 18.4 Å². The van der Waals surface area contributed by atoms with Gasteiger partial charge in [0, 0.05) is 28.6 Å². The van der Waals surface area contributed by atoms with Crippen molar-refractivity contribution in [1.82, 2.24) is 4.98 Å². The molecule has 1 N–H and O–H groups in total. The molecule has 2 aromatic rings. The van der Waals surface area contributed by atoms with Gasteiger partial charge in [-0.3, -0.25) is 4.79 Å². The minimum Gasteiger partial charge on any atom is -0.360 e. The van der Waals surface area contributed by atoms with Crippen molar-refractivity contribution in [2.75, 3.05) is 0 Å². The predicted molar refractivity (Wildman–Crippen MR) is 78.5 cm³/mol. The number of aromatic amines is 1. The monoisotopic (exact) mass is 255 g/mol. The van der Waals surface area contributed by atoms with Gasteiger partial charge in [-0.2, -0.15) is 0 Å². The Morgan fingerprint density at radius 1 is 1.21 bits per heavy atom. The largest absolute Gasteiger partial charge is 0.360 e. The molecule has 0 unspecified atom stereocenters. The zero-order valence-corrected chi connectivity index (χ0v) is 11.7. The number of hydrogen-bond acceptors (Lipinski definition) is 1. The number of aryl methyl sites for hydroxylation is 1. The number of nitrogens with one attached hydrogen (secondary N) is 1. The Morgan fingerprint density at radius 2 is 1.95 bits per heavy atom. The van der Waals surface area contributed by atoms with Gasteiger partial charge in [-0.1, -0.05) is 31.4 Å². The van der Waals surface area contributed by atoms with Crippen molar-refractivity contribution in [3.05, 3.63) is 35.5 Å². The molecule has 0 radical (unpaired) electrons. The van der Waals surface area contributed by atoms with Crippen LogP contribution < -0.4 is 0 Å². The summed E-state index contributed by atoms with van der Waals surface area (Å²) in [6.45, 7) is 4.36. The summed E-state index contributed by atoms with van der Waals surface area (Å²) < 4.78 is 0. The summed E-state index contributed by atoms with van der Waals surface area (Å²) in [6.07, 6.45) is 6.39. The Balaban J connectivity index is 1.91. The molecule has 2 heteroatoms. The van der Waals surface area contributed by atoms with Gasteiger partial charge in [0.25, 0.3) is 0 Å². The predicted octanol–water partition coefficient (Wildman–Crippen LogP) is 4.49. The molecule has 2 nitrogen and oxygen atoms in total. The number of ketones is 1. The van der Waals surface area contributed by atoms with Crippen LogP contribution >= 0.6 is 0 Å². The van der Waals surface area contributed by atoms with E-state index >= 15 is 0 Å². The Morgan fingerprint density at radius 3 is 2.68 bits per heavy atom. The maximum Gasteiger partial charge on any atom is 0.168 e. The van der Waals surface area contributed by atoms with E-state index < -0.39 is 0 Å². The Bertz CT molecular complexity index is 603. The van der Waals surface area contributed by atoms with E-state index in [1.807, 2.05) is 6.20 Å². The van der Waals surface area contributed by atoms with Crippen LogP contribution in [0.4, 0.5) is 0 Å². The van der Waals surface area contributed by atoms with E-state index in [0.29, 0.717) is 5.78 Å². The van der Waals surface area contributed by atoms with Crippen molar-refractivity contribution in [2.24, 2.45) is 11.8 Å². The second kappa shape index (κ2) is 4.84. The van der Waals surface area contributed by atoms with E-state index in [0.717, 1.165) is 35.2 Å². The number of H-pyrrole nitrogens is 1. The van der Waals surface area contributed by atoms with Crippen molar-refractivity contribution in [3.63, 3.8) is 0 Å². The first-order chi connectivity index (χ1) is 9.15. The molecule has 1 aromatic heterocycles. The van der Waals surface area contributed by atoms with E-state index in [4.69, 9.17) is 0 Å². The summed E-state index contributed by atoms with van der Waals surface area (Å²) in [4.78, 5) is 15.9. The number of carbonyl (C=O) groups excluding carboxylic acids is 1. The van der Waals surface area contributed by atoms with Crippen molar-refractivity contribution in [1.29, 1.82) is 0 Å². The molecular weight excluding hydrogens is 234 g/mol. The molecule has 1 aromatic carbocycles. The zero-order chi connectivity index (χ0) is 13.4. The fraction of sp³-hybridized carbons (Fsp3) is 0.471. The summed E-state index contributed by atoms with van der Waals surface area (Å²) in [5, 5.41) is 1.09. The maximum absolute atomic E-state index is 12.7. The third kappa shape index (κ3) is 2.32. The molecule has 3 rings (SSSR count). The van der Waals surface area contributed by atoms with E-state index in [2.05, 4.69) is 37.0 Å². The molecule has 1 saturated carbocycles. The van der Waals surface area contributed by atoms with Crippen molar-refractivity contribution in [2.45, 2.75) is 39.5 Å². The molecule has 1 aliphatic rings. The molecule has 1 aliphatic carbocycles. The Labute approximate surface area is 114 Å². The highest BCUT2D eigenvalue weighted by atomic mass is 16.1. The topological polar surface area (TPSA) is 32.9 Å². The maximum atomic E-state index is 12.7. The number of rotatable bonds is 2. The van der Waals surface area contributed by atoms with Gasteiger partial charge in [0.15, 0.2) is 5.78 Å². The fourth-order valence-corrected chi connectivity index (χ4v) is 3.18. The third-order valence-electron chi connectivity index (χ3n) is 4.49. The quantitative estimate of drug-likeness (QED) is 0.788. The minimum atomic E-state index is 0.232. The van der Waals surface area contributed by atoms with Gasteiger partial charge in [0.05, 0.1) is 0 Å². The average molecular weight is 255 g/mol. The van der Waals surface area contributed by atoms with Gasteiger partial charge < -0.3 is 4.98 Å². The molecule has 0 atom stereocenters. The van der Waals surface area contributed by atoms with Crippen LogP contribution in [-0.2, 0) is 0 Å². The molecule has 0 saturated heterocycles. The Hall–Kier alpha value is -1.57. The van der Waals surface area contributed by atoms with Gasteiger partial charge in [-0.25, -0.2) is 0 Å². The van der Waals surface area contributed by atoms with Crippen LogP contribution in [0.2, 0.25) is 0 Å². The lowest BCUT2D eigenvalue weighted by atomic mass is 9.79. The zero-order valence-electron chi connectivity index (χ0n) is 11.7. The number of aromatic nitrogens is 1. The SMILES string of the molecule is Cc1ccc2[nH]cc(C(=O)C3CCC(C)CC3)c2c1. The summed E-state index contributed by atoms with van der Waals surface area (Å²) in [5.41, 5.74) is 3.16. The van der Waals surface area contributed by atoms with Crippen molar-refractivity contribution >= 4 is 16.7 Å². The third-order valence-corrected chi connectivity index (χ3v) is 4.49. The van der Waals surface area contributed by atoms with Crippen LogP contribution in [0, 0.1) is 18.8 Å². The number of hydrogen-bond donors (Lipinski definition) is 1. The molecular formula is C17H21NO. The summed E-state index contributed by atoms with van der Waals surface area (Å²) in [7, 11) is 0. The minimum absolute atomic E-state index is 0.232. The fourth-order valence-electron chi connectivity index (χ4n) is 3.18. The number of carbonyl (C=O) groups is 1. The number of Topliss-reactive ketones (excluding diaryl/α,β-unsaturated/α-hetero) is 1. The first-order valence-corrected chi connectivity index (χ1v) is 7.27. The first kappa shape index (κ1) is 12.5. The van der Waals surface area contributed by atoms with Gasteiger partial charge >= 0.3 is 0 Å². The lowest BCUT2D eigenvalue weighted by Crippen LogP contribution is -2.20. The molecule has 0 aliphatic heterocycles. The lowest BCUT2D eigenvalue weighted by Gasteiger charge is -2.24. The first-order valence-electron chi connectivity index (χ1n) is 7.27. The van der Waals surface area contributed by atoms with Crippen LogP contribution in [0.1, 0.15) is 48.5 Å². The van der Waals surface area contributed by atoms with Crippen molar-refractivity contribution in [3.8, 4) is 0 Å². The van der Waals surface area contributed by atoms with Crippen LogP contribution in [0.25, 0.3) is 10.9 Å². The number of fused-ring (bicyclic) bond motifs is 1. The molecule has 19 heavy (non-hydrogen) atoms. The second-order valence-electron chi connectivity index (χ2n) is 6.07. The second-order valence-corrected chi connectivity index (χ2v) is 6.07. The lowest BCUT2D eigenvalue weighted by molar-refractivity contribution is 0.0877. The van der Waals surface area contributed by atoms with Crippen molar-refractivity contribution < 1.29 is 4.79 Å². The molecule has 0 spiro atoms.